The van der Waals surface area contributed by atoms with Crippen molar-refractivity contribution in [1.29, 1.82) is 0 Å². The van der Waals surface area contributed by atoms with Crippen LogP contribution < -0.4 is 0 Å². The van der Waals surface area contributed by atoms with Crippen molar-refractivity contribution in [2.45, 2.75) is 24.3 Å². The second kappa shape index (κ2) is 6.61. The van der Waals surface area contributed by atoms with E-state index < -0.39 is 0 Å². The molecule has 1 heterocycles. The Morgan fingerprint density at radius 1 is 1.25 bits per heavy atom. The predicted molar refractivity (Wildman–Crippen MR) is 83.0 cm³/mol. The molecule has 1 aromatic carbocycles. The van der Waals surface area contributed by atoms with E-state index in [0.29, 0.717) is 5.71 Å². The number of benzene rings is 1. The van der Waals surface area contributed by atoms with E-state index in [1.54, 1.807) is 11.8 Å². The van der Waals surface area contributed by atoms with Gasteiger partial charge in [0.25, 0.3) is 0 Å². The van der Waals surface area contributed by atoms with Crippen molar-refractivity contribution in [1.82, 2.24) is 4.90 Å². The van der Waals surface area contributed by atoms with Crippen LogP contribution in [0.15, 0.2) is 34.3 Å². The van der Waals surface area contributed by atoms with Crippen LogP contribution in [0.5, 0.6) is 0 Å². The number of ether oxygens (including phenoxy) is 1. The van der Waals surface area contributed by atoms with Gasteiger partial charge in [-0.1, -0.05) is 17.3 Å². The topological polar surface area (TPSA) is 45.1 Å². The summed E-state index contributed by atoms with van der Waals surface area (Å²) in [4.78, 5) is 3.50. The normalized spacial score (nSPS) is 18.2. The highest BCUT2D eigenvalue weighted by atomic mass is 32.2. The third-order valence-electron chi connectivity index (χ3n) is 3.84. The quantitative estimate of drug-likeness (QED) is 0.401. The lowest BCUT2D eigenvalue weighted by Crippen LogP contribution is -2.54. The summed E-state index contributed by atoms with van der Waals surface area (Å²) >= 11 is 1.70. The van der Waals surface area contributed by atoms with Crippen LogP contribution in [0.1, 0.15) is 19.4 Å². The van der Waals surface area contributed by atoms with Gasteiger partial charge in [-0.05, 0) is 32.2 Å². The molecule has 20 heavy (non-hydrogen) atoms. The molecule has 0 spiro atoms. The van der Waals surface area contributed by atoms with Gasteiger partial charge in [-0.2, -0.15) is 0 Å². The van der Waals surface area contributed by atoms with Crippen molar-refractivity contribution >= 4 is 17.5 Å². The van der Waals surface area contributed by atoms with Gasteiger partial charge in [0.2, 0.25) is 0 Å². The van der Waals surface area contributed by atoms with E-state index in [1.165, 1.54) is 4.90 Å². The van der Waals surface area contributed by atoms with Gasteiger partial charge in [0.15, 0.2) is 0 Å². The molecule has 1 aliphatic heterocycles. The standard InChI is InChI=1S/C15H22N2O2S/c1-15(2,17-8-10-19-11-9-17)14(16-18)12-4-6-13(20-3)7-5-12/h4-7,18H,8-11H2,1-3H3/b16-14-. The number of oxime groups is 1. The summed E-state index contributed by atoms with van der Waals surface area (Å²) in [6.07, 6.45) is 2.05. The van der Waals surface area contributed by atoms with E-state index in [4.69, 9.17) is 4.74 Å². The highest BCUT2D eigenvalue weighted by Gasteiger charge is 2.34. The number of thioether (sulfide) groups is 1. The Morgan fingerprint density at radius 2 is 1.85 bits per heavy atom. The highest BCUT2D eigenvalue weighted by Crippen LogP contribution is 2.24. The third kappa shape index (κ3) is 3.16. The molecule has 0 atom stereocenters. The van der Waals surface area contributed by atoms with Crippen LogP contribution in [0.4, 0.5) is 0 Å². The van der Waals surface area contributed by atoms with Crippen LogP contribution in [-0.4, -0.2) is 53.9 Å². The largest absolute Gasteiger partial charge is 0.411 e. The molecule has 1 N–H and O–H groups in total. The fourth-order valence-electron chi connectivity index (χ4n) is 2.55. The molecule has 0 saturated carbocycles. The third-order valence-corrected chi connectivity index (χ3v) is 4.59. The lowest BCUT2D eigenvalue weighted by atomic mass is 9.90. The van der Waals surface area contributed by atoms with E-state index in [0.717, 1.165) is 31.9 Å². The Bertz CT molecular complexity index is 465. The van der Waals surface area contributed by atoms with E-state index in [9.17, 15) is 5.21 Å². The summed E-state index contributed by atoms with van der Waals surface area (Å²) in [6.45, 7) is 7.36. The zero-order valence-electron chi connectivity index (χ0n) is 12.3. The Hall–Kier alpha value is -1.04. The maximum atomic E-state index is 9.50. The molecule has 0 unspecified atom stereocenters. The molecule has 0 aliphatic carbocycles. The van der Waals surface area contributed by atoms with Crippen LogP contribution in [-0.2, 0) is 4.74 Å². The van der Waals surface area contributed by atoms with Crippen molar-refractivity contribution in [2.24, 2.45) is 5.16 Å². The maximum Gasteiger partial charge on any atom is 0.106 e. The van der Waals surface area contributed by atoms with E-state index in [1.807, 2.05) is 18.4 Å². The molecule has 4 nitrogen and oxygen atoms in total. The first kappa shape index (κ1) is 15.4. The van der Waals surface area contributed by atoms with E-state index >= 15 is 0 Å². The average Bonchev–Trinajstić information content (AvgIpc) is 2.49. The Labute approximate surface area is 124 Å². The first-order valence-corrected chi connectivity index (χ1v) is 8.02. The van der Waals surface area contributed by atoms with Gasteiger partial charge in [0, 0.05) is 23.5 Å². The second-order valence-electron chi connectivity index (χ2n) is 5.34. The number of hydrogen-bond acceptors (Lipinski definition) is 5. The molecule has 110 valence electrons. The molecule has 1 saturated heterocycles. The van der Waals surface area contributed by atoms with Crippen LogP contribution in [0.2, 0.25) is 0 Å². The summed E-state index contributed by atoms with van der Waals surface area (Å²) < 4.78 is 5.40. The Kier molecular flexibility index (Phi) is 5.07. The van der Waals surface area contributed by atoms with Gasteiger partial charge in [-0.25, -0.2) is 0 Å². The fraction of sp³-hybridized carbons (Fsp3) is 0.533. The second-order valence-corrected chi connectivity index (χ2v) is 6.22. The molecule has 1 aliphatic rings. The van der Waals surface area contributed by atoms with Crippen molar-refractivity contribution in [3.05, 3.63) is 29.8 Å². The minimum atomic E-state index is -0.320. The first-order chi connectivity index (χ1) is 9.59. The minimum absolute atomic E-state index is 0.320. The molecule has 1 aromatic rings. The monoisotopic (exact) mass is 294 g/mol. The first-order valence-electron chi connectivity index (χ1n) is 6.79. The molecule has 0 radical (unpaired) electrons. The summed E-state index contributed by atoms with van der Waals surface area (Å²) in [5.41, 5.74) is 1.34. The number of rotatable bonds is 4. The van der Waals surface area contributed by atoms with E-state index in [2.05, 4.69) is 36.0 Å². The molecule has 2 rings (SSSR count). The van der Waals surface area contributed by atoms with Gasteiger partial charge in [0.05, 0.1) is 18.8 Å². The summed E-state index contributed by atoms with van der Waals surface area (Å²) in [5.74, 6) is 0. The number of hydrogen-bond donors (Lipinski definition) is 1. The number of morpholine rings is 1. The molecule has 1 fully saturated rings. The van der Waals surface area contributed by atoms with Crippen molar-refractivity contribution < 1.29 is 9.94 Å². The fourth-order valence-corrected chi connectivity index (χ4v) is 2.96. The molecular formula is C15H22N2O2S. The van der Waals surface area contributed by atoms with Crippen molar-refractivity contribution in [3.63, 3.8) is 0 Å². The van der Waals surface area contributed by atoms with Crippen LogP contribution in [0, 0.1) is 0 Å². The zero-order valence-corrected chi connectivity index (χ0v) is 13.1. The lowest BCUT2D eigenvalue weighted by molar-refractivity contribution is 0.00951. The molecule has 0 aromatic heterocycles. The maximum absolute atomic E-state index is 9.50. The van der Waals surface area contributed by atoms with Gasteiger partial charge in [-0.15, -0.1) is 11.8 Å². The summed E-state index contributed by atoms with van der Waals surface area (Å²) in [7, 11) is 0. The van der Waals surface area contributed by atoms with Crippen LogP contribution in [0.25, 0.3) is 0 Å². The van der Waals surface area contributed by atoms with Crippen LogP contribution in [0.3, 0.4) is 0 Å². The Balaban J connectivity index is 2.25. The van der Waals surface area contributed by atoms with Crippen molar-refractivity contribution in [2.75, 3.05) is 32.6 Å². The zero-order chi connectivity index (χ0) is 14.6. The molecule has 0 bridgehead atoms. The van der Waals surface area contributed by atoms with Gasteiger partial charge >= 0.3 is 0 Å². The van der Waals surface area contributed by atoms with Gasteiger partial charge < -0.3 is 9.94 Å². The summed E-state index contributed by atoms with van der Waals surface area (Å²) in [6, 6.07) is 8.15. The molecule has 5 heteroatoms. The highest BCUT2D eigenvalue weighted by molar-refractivity contribution is 7.98. The van der Waals surface area contributed by atoms with Crippen molar-refractivity contribution in [3.8, 4) is 0 Å². The average molecular weight is 294 g/mol. The van der Waals surface area contributed by atoms with Crippen LogP contribution >= 0.6 is 11.8 Å². The SMILES string of the molecule is CSc1ccc(/C(=N/O)C(C)(C)N2CCOCC2)cc1. The smallest absolute Gasteiger partial charge is 0.106 e. The minimum Gasteiger partial charge on any atom is -0.411 e. The molecular weight excluding hydrogens is 272 g/mol. The van der Waals surface area contributed by atoms with Gasteiger partial charge in [0.1, 0.15) is 5.71 Å². The predicted octanol–water partition coefficient (Wildman–Crippen LogP) is 2.70. The number of nitrogens with zero attached hydrogens (tertiary/aromatic N) is 2. The molecule has 0 amide bonds. The van der Waals surface area contributed by atoms with Gasteiger partial charge in [-0.3, -0.25) is 4.90 Å². The lowest BCUT2D eigenvalue weighted by Gasteiger charge is -2.41. The van der Waals surface area contributed by atoms with E-state index in [-0.39, 0.29) is 5.54 Å². The summed E-state index contributed by atoms with van der Waals surface area (Å²) in [5, 5.41) is 13.1. The Morgan fingerprint density at radius 3 is 2.35 bits per heavy atom.